The van der Waals surface area contributed by atoms with Crippen LogP contribution in [0.2, 0.25) is 0 Å². The summed E-state index contributed by atoms with van der Waals surface area (Å²) in [6.07, 6.45) is -0.0534. The molecule has 2 nitrogen and oxygen atoms in total. The van der Waals surface area contributed by atoms with Crippen molar-refractivity contribution in [3.63, 3.8) is 0 Å². The van der Waals surface area contributed by atoms with E-state index in [2.05, 4.69) is 25.7 Å². The van der Waals surface area contributed by atoms with Crippen LogP contribution in [0.25, 0.3) is 0 Å². The Kier molecular flexibility index (Phi) is 2.37. The molecule has 2 heterocycles. The number of rotatable bonds is 0. The fourth-order valence-electron chi connectivity index (χ4n) is 2.24. The maximum atomic E-state index is 9.74. The number of thioether (sulfide) groups is 1. The van der Waals surface area contributed by atoms with E-state index in [-0.39, 0.29) is 11.6 Å². The van der Waals surface area contributed by atoms with Crippen LogP contribution in [0.3, 0.4) is 0 Å². The van der Waals surface area contributed by atoms with Gasteiger partial charge >= 0.3 is 0 Å². The second-order valence-electron chi connectivity index (χ2n) is 5.18. The first kappa shape index (κ1) is 9.81. The van der Waals surface area contributed by atoms with E-state index in [9.17, 15) is 5.11 Å². The molecular weight excluding hydrogens is 182 g/mol. The third-order valence-electron chi connectivity index (χ3n) is 3.23. The Bertz CT molecular complexity index is 202. The Morgan fingerprint density at radius 3 is 2.54 bits per heavy atom. The summed E-state index contributed by atoms with van der Waals surface area (Å²) in [7, 11) is 0. The van der Waals surface area contributed by atoms with Gasteiger partial charge in [-0.15, -0.1) is 0 Å². The van der Waals surface area contributed by atoms with Crippen molar-refractivity contribution in [2.24, 2.45) is 5.92 Å². The van der Waals surface area contributed by atoms with Gasteiger partial charge in [-0.1, -0.05) is 0 Å². The van der Waals surface area contributed by atoms with Crippen LogP contribution in [-0.4, -0.2) is 45.7 Å². The first-order valence-corrected chi connectivity index (χ1v) is 6.08. The second kappa shape index (κ2) is 3.14. The monoisotopic (exact) mass is 201 g/mol. The fourth-order valence-corrected chi connectivity index (χ4v) is 3.73. The Balaban J connectivity index is 2.03. The van der Waals surface area contributed by atoms with Gasteiger partial charge in [0, 0.05) is 35.5 Å². The molecule has 0 aromatic carbocycles. The van der Waals surface area contributed by atoms with Gasteiger partial charge in [0.05, 0.1) is 6.10 Å². The van der Waals surface area contributed by atoms with Crippen molar-refractivity contribution in [2.75, 3.05) is 18.8 Å². The molecule has 0 radical (unpaired) electrons. The quantitative estimate of drug-likeness (QED) is 0.637. The molecule has 0 aliphatic carbocycles. The normalized spacial score (nSPS) is 41.1. The Labute approximate surface area is 84.7 Å². The van der Waals surface area contributed by atoms with Gasteiger partial charge in [0.15, 0.2) is 0 Å². The van der Waals surface area contributed by atoms with Crippen molar-refractivity contribution in [2.45, 2.75) is 37.7 Å². The highest BCUT2D eigenvalue weighted by Gasteiger charge is 2.44. The summed E-state index contributed by atoms with van der Waals surface area (Å²) < 4.78 is 0. The molecule has 2 rings (SSSR count). The van der Waals surface area contributed by atoms with E-state index in [4.69, 9.17) is 0 Å². The first-order valence-electron chi connectivity index (χ1n) is 5.03. The number of hydrogen-bond acceptors (Lipinski definition) is 3. The topological polar surface area (TPSA) is 23.5 Å². The van der Waals surface area contributed by atoms with E-state index in [1.165, 1.54) is 0 Å². The molecule has 2 aliphatic rings. The van der Waals surface area contributed by atoms with E-state index in [1.54, 1.807) is 0 Å². The van der Waals surface area contributed by atoms with Crippen molar-refractivity contribution in [3.05, 3.63) is 0 Å². The highest BCUT2D eigenvalue weighted by Crippen LogP contribution is 2.40. The van der Waals surface area contributed by atoms with Gasteiger partial charge < -0.3 is 5.11 Å². The molecule has 0 spiro atoms. The van der Waals surface area contributed by atoms with Gasteiger partial charge in [0.1, 0.15) is 0 Å². The number of likely N-dealkylation sites (tertiary alicyclic amines) is 1. The number of aliphatic hydroxyl groups is 1. The highest BCUT2D eigenvalue weighted by molar-refractivity contribution is 8.00. The number of aliphatic hydroxyl groups excluding tert-OH is 1. The minimum absolute atomic E-state index is 0.0534. The number of fused-ring (bicyclic) bond motifs is 1. The van der Waals surface area contributed by atoms with E-state index >= 15 is 0 Å². The van der Waals surface area contributed by atoms with E-state index < -0.39 is 0 Å². The lowest BCUT2D eigenvalue weighted by Gasteiger charge is -2.32. The van der Waals surface area contributed by atoms with Crippen molar-refractivity contribution in [1.29, 1.82) is 0 Å². The molecular formula is C10H19NOS. The lowest BCUT2D eigenvalue weighted by Crippen LogP contribution is -2.40. The van der Waals surface area contributed by atoms with Gasteiger partial charge in [0.2, 0.25) is 0 Å². The van der Waals surface area contributed by atoms with Crippen LogP contribution in [0.5, 0.6) is 0 Å². The number of nitrogens with zero attached hydrogens (tertiary/aromatic N) is 1. The molecule has 0 bridgehead atoms. The third kappa shape index (κ3) is 1.74. The largest absolute Gasteiger partial charge is 0.392 e. The number of hydrogen-bond donors (Lipinski definition) is 1. The lowest BCUT2D eigenvalue weighted by molar-refractivity contribution is 0.117. The zero-order valence-electron chi connectivity index (χ0n) is 8.66. The van der Waals surface area contributed by atoms with Crippen LogP contribution >= 0.6 is 11.8 Å². The van der Waals surface area contributed by atoms with E-state index in [0.29, 0.717) is 11.2 Å². The van der Waals surface area contributed by atoms with Gasteiger partial charge in [-0.3, -0.25) is 4.90 Å². The van der Waals surface area contributed by atoms with Crippen LogP contribution in [0.1, 0.15) is 20.8 Å². The molecule has 2 aliphatic heterocycles. The van der Waals surface area contributed by atoms with E-state index in [1.807, 2.05) is 11.8 Å². The summed E-state index contributed by atoms with van der Waals surface area (Å²) in [6.45, 7) is 9.01. The third-order valence-corrected chi connectivity index (χ3v) is 4.69. The van der Waals surface area contributed by atoms with Gasteiger partial charge in [-0.25, -0.2) is 0 Å². The lowest BCUT2D eigenvalue weighted by atomic mass is 10.0. The summed E-state index contributed by atoms with van der Waals surface area (Å²) in [5.41, 5.74) is 0.268. The van der Waals surface area contributed by atoms with Crippen molar-refractivity contribution < 1.29 is 5.11 Å². The molecule has 1 N–H and O–H groups in total. The Morgan fingerprint density at radius 1 is 1.31 bits per heavy atom. The summed E-state index contributed by atoms with van der Waals surface area (Å²) in [5, 5.41) is 10.4. The average Bonchev–Trinajstić information content (AvgIpc) is 2.51. The fraction of sp³-hybridized carbons (Fsp3) is 1.00. The minimum Gasteiger partial charge on any atom is -0.392 e. The smallest absolute Gasteiger partial charge is 0.0682 e. The summed E-state index contributed by atoms with van der Waals surface area (Å²) in [5.74, 6) is 1.48. The minimum atomic E-state index is -0.0534. The zero-order valence-corrected chi connectivity index (χ0v) is 9.47. The molecule has 3 atom stereocenters. The first-order chi connectivity index (χ1) is 5.98. The van der Waals surface area contributed by atoms with Gasteiger partial charge in [-0.05, 0) is 20.8 Å². The molecule has 0 amide bonds. The van der Waals surface area contributed by atoms with Gasteiger partial charge in [-0.2, -0.15) is 11.8 Å². The highest BCUT2D eigenvalue weighted by atomic mass is 32.2. The van der Waals surface area contributed by atoms with Crippen LogP contribution < -0.4 is 0 Å². The molecule has 13 heavy (non-hydrogen) atoms. The van der Waals surface area contributed by atoms with Crippen LogP contribution in [0.4, 0.5) is 0 Å². The molecule has 0 aromatic heterocycles. The van der Waals surface area contributed by atoms with Crippen molar-refractivity contribution in [3.8, 4) is 0 Å². The standard InChI is InChI=1S/C10H19NOS/c1-10(2,3)11-4-7-8(12)6-13-9(7)5-11/h7-9,12H,4-6H2,1-3H3. The molecule has 76 valence electrons. The summed E-state index contributed by atoms with van der Waals surface area (Å²) in [4.78, 5) is 2.50. The zero-order chi connectivity index (χ0) is 9.64. The summed E-state index contributed by atoms with van der Waals surface area (Å²) >= 11 is 1.95. The van der Waals surface area contributed by atoms with Crippen LogP contribution in [0.15, 0.2) is 0 Å². The Morgan fingerprint density at radius 2 is 2.00 bits per heavy atom. The predicted octanol–water partition coefficient (Wildman–Crippen LogP) is 1.19. The van der Waals surface area contributed by atoms with E-state index in [0.717, 1.165) is 18.8 Å². The van der Waals surface area contributed by atoms with Crippen molar-refractivity contribution >= 4 is 11.8 Å². The second-order valence-corrected chi connectivity index (χ2v) is 6.45. The maximum Gasteiger partial charge on any atom is 0.0682 e. The summed E-state index contributed by atoms with van der Waals surface area (Å²) in [6, 6.07) is 0. The van der Waals surface area contributed by atoms with Crippen LogP contribution in [0, 0.1) is 5.92 Å². The van der Waals surface area contributed by atoms with Gasteiger partial charge in [0.25, 0.3) is 0 Å². The SMILES string of the molecule is CC(C)(C)N1CC2SCC(O)C2C1. The predicted molar refractivity (Wildman–Crippen MR) is 57.1 cm³/mol. The van der Waals surface area contributed by atoms with Crippen LogP contribution in [-0.2, 0) is 0 Å². The molecule has 2 saturated heterocycles. The molecule has 3 unspecified atom stereocenters. The Hall–Kier alpha value is 0.270. The van der Waals surface area contributed by atoms with Crippen molar-refractivity contribution in [1.82, 2.24) is 4.90 Å². The molecule has 0 saturated carbocycles. The molecule has 3 heteroatoms. The molecule has 0 aromatic rings. The maximum absolute atomic E-state index is 9.74. The molecule has 2 fully saturated rings. The average molecular weight is 201 g/mol.